The average Bonchev–Trinajstić information content (AvgIpc) is 2.72. The molecule has 14 heavy (non-hydrogen) atoms. The fraction of sp³-hybridized carbons (Fsp3) is 0.333. The Morgan fingerprint density at radius 2 is 2.14 bits per heavy atom. The lowest BCUT2D eigenvalue weighted by Crippen LogP contribution is -2.00. The molecular formula is C9H10N4S. The number of aromatic nitrogens is 2. The molecule has 0 atom stereocenters. The molecule has 72 valence electrons. The summed E-state index contributed by atoms with van der Waals surface area (Å²) in [4.78, 5) is 5.46. The van der Waals surface area contributed by atoms with E-state index >= 15 is 0 Å². The van der Waals surface area contributed by atoms with Gasteiger partial charge in [0, 0.05) is 18.8 Å². The van der Waals surface area contributed by atoms with E-state index in [0.29, 0.717) is 5.82 Å². The predicted octanol–water partition coefficient (Wildman–Crippen LogP) is 1.19. The highest BCUT2D eigenvalue weighted by atomic mass is 32.1. The third kappa shape index (κ3) is 0.908. The quantitative estimate of drug-likeness (QED) is 0.679. The van der Waals surface area contributed by atoms with Crippen LogP contribution in [-0.2, 0) is 13.1 Å². The first-order valence-corrected chi connectivity index (χ1v) is 5.28. The van der Waals surface area contributed by atoms with Gasteiger partial charge < -0.3 is 11.1 Å². The zero-order chi connectivity index (χ0) is 9.71. The van der Waals surface area contributed by atoms with Crippen LogP contribution in [0.15, 0.2) is 0 Å². The molecule has 1 aliphatic rings. The number of nitrogen functional groups attached to an aromatic ring is 1. The lowest BCUT2D eigenvalue weighted by molar-refractivity contribution is 0.763. The van der Waals surface area contributed by atoms with Crippen LogP contribution in [0.25, 0.3) is 10.2 Å². The molecule has 5 heteroatoms. The van der Waals surface area contributed by atoms with Gasteiger partial charge in [-0.25, -0.2) is 4.98 Å². The third-order valence-electron chi connectivity index (χ3n) is 2.68. The maximum absolute atomic E-state index is 5.83. The van der Waals surface area contributed by atoms with Crippen LogP contribution in [0.2, 0.25) is 0 Å². The van der Waals surface area contributed by atoms with E-state index in [1.54, 1.807) is 0 Å². The van der Waals surface area contributed by atoms with Gasteiger partial charge in [0.2, 0.25) is 0 Å². The van der Waals surface area contributed by atoms with Crippen molar-refractivity contribution in [2.75, 3.05) is 5.73 Å². The Morgan fingerprint density at radius 1 is 1.36 bits per heavy atom. The van der Waals surface area contributed by atoms with Crippen LogP contribution in [0.3, 0.4) is 0 Å². The summed E-state index contributed by atoms with van der Waals surface area (Å²) in [5.74, 6) is 0.623. The third-order valence-corrected chi connectivity index (χ3v) is 3.43. The highest BCUT2D eigenvalue weighted by Crippen LogP contribution is 2.32. The molecule has 1 aliphatic heterocycles. The van der Waals surface area contributed by atoms with Crippen LogP contribution in [0.1, 0.15) is 16.8 Å². The molecule has 0 fully saturated rings. The van der Waals surface area contributed by atoms with Gasteiger partial charge in [0.15, 0.2) is 0 Å². The second-order valence-electron chi connectivity index (χ2n) is 3.51. The molecule has 0 unspecified atom stereocenters. The number of nitrogens with zero attached hydrogens (tertiary/aromatic N) is 2. The second-order valence-corrected chi connectivity index (χ2v) is 4.26. The SMILES string of the molecule is Cc1nc2snc(N)c2c2c1CNC2. The number of pyridine rings is 1. The van der Waals surface area contributed by atoms with Gasteiger partial charge >= 0.3 is 0 Å². The monoisotopic (exact) mass is 206 g/mol. The van der Waals surface area contributed by atoms with E-state index < -0.39 is 0 Å². The second kappa shape index (κ2) is 2.65. The summed E-state index contributed by atoms with van der Waals surface area (Å²) in [5.41, 5.74) is 9.52. The normalized spacial score (nSPS) is 14.9. The standard InChI is InChI=1S/C9H10N4S/c1-4-5-2-11-3-6(5)7-8(10)13-14-9(7)12-4/h11H,2-3H2,1H3,(H2,10,13). The molecule has 2 aromatic heterocycles. The zero-order valence-corrected chi connectivity index (χ0v) is 8.61. The van der Waals surface area contributed by atoms with Gasteiger partial charge in [0.25, 0.3) is 0 Å². The van der Waals surface area contributed by atoms with E-state index in [-0.39, 0.29) is 0 Å². The van der Waals surface area contributed by atoms with Crippen LogP contribution < -0.4 is 11.1 Å². The summed E-state index contributed by atoms with van der Waals surface area (Å²) in [6, 6.07) is 0. The molecule has 3 heterocycles. The summed E-state index contributed by atoms with van der Waals surface area (Å²) < 4.78 is 4.14. The molecule has 0 amide bonds. The van der Waals surface area contributed by atoms with E-state index in [1.165, 1.54) is 22.7 Å². The Hall–Kier alpha value is -1.20. The topological polar surface area (TPSA) is 63.8 Å². The van der Waals surface area contributed by atoms with E-state index in [0.717, 1.165) is 29.0 Å². The van der Waals surface area contributed by atoms with Gasteiger partial charge in [-0.2, -0.15) is 4.37 Å². The minimum absolute atomic E-state index is 0.623. The Morgan fingerprint density at radius 3 is 3.00 bits per heavy atom. The van der Waals surface area contributed by atoms with E-state index in [9.17, 15) is 0 Å². The number of nitrogens with two attached hydrogens (primary N) is 1. The lowest BCUT2D eigenvalue weighted by atomic mass is 10.1. The number of fused-ring (bicyclic) bond motifs is 3. The van der Waals surface area contributed by atoms with Crippen LogP contribution in [0.4, 0.5) is 5.82 Å². The number of hydrogen-bond acceptors (Lipinski definition) is 5. The van der Waals surface area contributed by atoms with Crippen molar-refractivity contribution in [2.24, 2.45) is 0 Å². The van der Waals surface area contributed by atoms with E-state index in [2.05, 4.69) is 14.7 Å². The number of aryl methyl sites for hydroxylation is 1. The number of anilines is 1. The summed E-state index contributed by atoms with van der Waals surface area (Å²) in [6.45, 7) is 3.83. The van der Waals surface area contributed by atoms with Crippen molar-refractivity contribution in [1.29, 1.82) is 0 Å². The van der Waals surface area contributed by atoms with Gasteiger partial charge in [0.05, 0.1) is 5.39 Å². The highest BCUT2D eigenvalue weighted by molar-refractivity contribution is 7.13. The average molecular weight is 206 g/mol. The van der Waals surface area contributed by atoms with Crippen molar-refractivity contribution < 1.29 is 0 Å². The molecule has 0 aromatic carbocycles. The van der Waals surface area contributed by atoms with Gasteiger partial charge in [-0.1, -0.05) is 0 Å². The summed E-state index contributed by atoms with van der Waals surface area (Å²) in [7, 11) is 0. The van der Waals surface area contributed by atoms with Gasteiger partial charge in [-0.05, 0) is 29.6 Å². The van der Waals surface area contributed by atoms with Crippen LogP contribution in [0, 0.1) is 6.92 Å². The first-order chi connectivity index (χ1) is 6.77. The molecule has 3 rings (SSSR count). The van der Waals surface area contributed by atoms with Crippen molar-refractivity contribution in [1.82, 2.24) is 14.7 Å². The molecule has 2 aromatic rings. The van der Waals surface area contributed by atoms with E-state index in [4.69, 9.17) is 5.73 Å². The smallest absolute Gasteiger partial charge is 0.147 e. The molecule has 0 aliphatic carbocycles. The van der Waals surface area contributed by atoms with Gasteiger partial charge in [-0.3, -0.25) is 0 Å². The van der Waals surface area contributed by atoms with E-state index in [1.807, 2.05) is 6.92 Å². The molecule has 0 radical (unpaired) electrons. The van der Waals surface area contributed by atoms with Crippen molar-refractivity contribution in [3.8, 4) is 0 Å². The van der Waals surface area contributed by atoms with Gasteiger partial charge in [-0.15, -0.1) is 0 Å². The first kappa shape index (κ1) is 8.14. The molecular weight excluding hydrogens is 196 g/mol. The number of nitrogens with one attached hydrogen (secondary N) is 1. The minimum Gasteiger partial charge on any atom is -0.382 e. The first-order valence-electron chi connectivity index (χ1n) is 4.51. The zero-order valence-electron chi connectivity index (χ0n) is 7.79. The van der Waals surface area contributed by atoms with Crippen molar-refractivity contribution in [3.63, 3.8) is 0 Å². The Balaban J connectivity index is 2.49. The number of hydrogen-bond donors (Lipinski definition) is 2. The maximum atomic E-state index is 5.83. The summed E-state index contributed by atoms with van der Waals surface area (Å²) in [6.07, 6.45) is 0. The minimum atomic E-state index is 0.623. The maximum Gasteiger partial charge on any atom is 0.147 e. The fourth-order valence-electron chi connectivity index (χ4n) is 1.98. The highest BCUT2D eigenvalue weighted by Gasteiger charge is 2.20. The fourth-order valence-corrected chi connectivity index (χ4v) is 2.76. The molecule has 4 nitrogen and oxygen atoms in total. The molecule has 0 bridgehead atoms. The number of rotatable bonds is 0. The van der Waals surface area contributed by atoms with Crippen LogP contribution in [0.5, 0.6) is 0 Å². The Labute approximate surface area is 85.3 Å². The molecule has 0 saturated heterocycles. The van der Waals surface area contributed by atoms with Crippen molar-refractivity contribution >= 4 is 27.6 Å². The van der Waals surface area contributed by atoms with Crippen LogP contribution >= 0.6 is 11.5 Å². The Bertz CT molecular complexity index is 517. The predicted molar refractivity (Wildman–Crippen MR) is 57.1 cm³/mol. The summed E-state index contributed by atoms with van der Waals surface area (Å²) in [5, 5.41) is 4.38. The molecule has 0 spiro atoms. The Kier molecular flexibility index (Phi) is 1.54. The van der Waals surface area contributed by atoms with Gasteiger partial charge in [0.1, 0.15) is 10.6 Å². The largest absolute Gasteiger partial charge is 0.382 e. The molecule has 3 N–H and O–H groups in total. The lowest BCUT2D eigenvalue weighted by Gasteiger charge is -2.03. The van der Waals surface area contributed by atoms with Crippen LogP contribution in [-0.4, -0.2) is 9.36 Å². The summed E-state index contributed by atoms with van der Waals surface area (Å²) >= 11 is 1.38. The van der Waals surface area contributed by atoms with Crippen molar-refractivity contribution in [3.05, 3.63) is 16.8 Å². The molecule has 0 saturated carbocycles. The van der Waals surface area contributed by atoms with Crippen molar-refractivity contribution in [2.45, 2.75) is 20.0 Å².